The van der Waals surface area contributed by atoms with Crippen molar-refractivity contribution in [3.8, 4) is 0 Å². The van der Waals surface area contributed by atoms with Gasteiger partial charge >= 0.3 is 0 Å². The Morgan fingerprint density at radius 2 is 2.00 bits per heavy atom. The molecule has 0 aromatic carbocycles. The molecule has 4 heterocycles. The van der Waals surface area contributed by atoms with E-state index in [0.29, 0.717) is 54.9 Å². The second-order valence-corrected chi connectivity index (χ2v) is 12.0. The highest BCUT2D eigenvalue weighted by Crippen LogP contribution is 2.30. The van der Waals surface area contributed by atoms with Crippen molar-refractivity contribution >= 4 is 29.1 Å². The van der Waals surface area contributed by atoms with E-state index in [9.17, 15) is 14.4 Å². The Labute approximate surface area is 234 Å². The minimum Gasteiger partial charge on any atom is -0.376 e. The quantitative estimate of drug-likeness (QED) is 0.493. The summed E-state index contributed by atoms with van der Waals surface area (Å²) in [5, 5.41) is 5.04. The van der Waals surface area contributed by atoms with E-state index in [1.54, 1.807) is 23.2 Å². The number of hydrogen-bond donors (Lipinski definition) is 2. The van der Waals surface area contributed by atoms with Gasteiger partial charge in [-0.15, -0.1) is 11.3 Å². The first-order chi connectivity index (χ1) is 19.0. The summed E-state index contributed by atoms with van der Waals surface area (Å²) in [6, 6.07) is 6.17. The molecule has 1 aliphatic carbocycles. The number of amides is 3. The van der Waals surface area contributed by atoms with Crippen LogP contribution in [0, 0.1) is 11.8 Å². The van der Waals surface area contributed by atoms with Gasteiger partial charge in [0.25, 0.3) is 11.8 Å². The summed E-state index contributed by atoms with van der Waals surface area (Å²) in [5.74, 6) is 0.426. The Hall–Kier alpha value is -2.82. The molecule has 3 fully saturated rings. The third kappa shape index (κ3) is 6.67. The molecule has 9 nitrogen and oxygen atoms in total. The number of carbonyl (C=O) groups excluding carboxylic acids is 3. The molecule has 210 valence electrons. The molecule has 0 radical (unpaired) electrons. The maximum absolute atomic E-state index is 13.7. The fourth-order valence-electron chi connectivity index (χ4n) is 6.28. The Balaban J connectivity index is 1.35. The lowest BCUT2D eigenvalue weighted by molar-refractivity contribution is -0.125. The molecule has 3 N–H and O–H groups in total. The van der Waals surface area contributed by atoms with Crippen molar-refractivity contribution in [3.05, 3.63) is 52.5 Å². The van der Waals surface area contributed by atoms with Crippen LogP contribution >= 0.6 is 11.3 Å². The van der Waals surface area contributed by atoms with Crippen LogP contribution in [0.2, 0.25) is 0 Å². The summed E-state index contributed by atoms with van der Waals surface area (Å²) >= 11 is 1.40. The highest BCUT2D eigenvalue weighted by atomic mass is 32.1. The highest BCUT2D eigenvalue weighted by molar-refractivity contribution is 7.12. The minimum absolute atomic E-state index is 0.0361. The molecule has 5 rings (SSSR count). The Morgan fingerprint density at radius 1 is 1.13 bits per heavy atom. The standard InChI is InChI=1S/C29H39N5O4S/c30-15-20-5-1-6-21(13-20)16-32-27(35)25-14-23(18-34(25)28(36)22-7-2-10-31-17-22)33(19-24-8-3-11-38-24)29(37)26-9-4-12-39-26/h2,4,7,9-10,12,17,20-21,23-25H,1,3,5-6,8,11,13-16,18-19,30H2,(H,32,35). The van der Waals surface area contributed by atoms with Gasteiger partial charge in [0.2, 0.25) is 5.91 Å². The van der Waals surface area contributed by atoms with Crippen molar-refractivity contribution < 1.29 is 19.1 Å². The first-order valence-corrected chi connectivity index (χ1v) is 15.1. The molecule has 0 bridgehead atoms. The van der Waals surface area contributed by atoms with Gasteiger partial charge in [-0.25, -0.2) is 0 Å². The number of carbonyl (C=O) groups is 3. The van der Waals surface area contributed by atoms with Crippen molar-refractivity contribution in [1.82, 2.24) is 20.1 Å². The van der Waals surface area contributed by atoms with Gasteiger partial charge in [0.15, 0.2) is 0 Å². The molecule has 0 spiro atoms. The number of nitrogens with two attached hydrogens (primary N) is 1. The number of nitrogens with one attached hydrogen (secondary N) is 1. The van der Waals surface area contributed by atoms with E-state index >= 15 is 0 Å². The molecule has 3 aliphatic rings. The molecule has 10 heteroatoms. The van der Waals surface area contributed by atoms with Crippen molar-refractivity contribution in [2.24, 2.45) is 17.6 Å². The monoisotopic (exact) mass is 553 g/mol. The average molecular weight is 554 g/mol. The maximum Gasteiger partial charge on any atom is 0.264 e. The van der Waals surface area contributed by atoms with E-state index in [-0.39, 0.29) is 36.4 Å². The predicted octanol–water partition coefficient (Wildman–Crippen LogP) is 2.93. The lowest BCUT2D eigenvalue weighted by Crippen LogP contribution is -2.47. The Kier molecular flexibility index (Phi) is 9.26. The van der Waals surface area contributed by atoms with Crippen LogP contribution in [0.15, 0.2) is 42.0 Å². The van der Waals surface area contributed by atoms with Gasteiger partial charge < -0.3 is 25.6 Å². The summed E-state index contributed by atoms with van der Waals surface area (Å²) in [6.45, 7) is 2.70. The van der Waals surface area contributed by atoms with Gasteiger partial charge in [0.1, 0.15) is 6.04 Å². The molecule has 2 aromatic rings. The second kappa shape index (κ2) is 13.0. The molecule has 1 saturated carbocycles. The van der Waals surface area contributed by atoms with Gasteiger partial charge in [-0.3, -0.25) is 19.4 Å². The van der Waals surface area contributed by atoms with Crippen LogP contribution in [-0.2, 0) is 9.53 Å². The van der Waals surface area contributed by atoms with Crippen LogP contribution in [0.4, 0.5) is 0 Å². The summed E-state index contributed by atoms with van der Waals surface area (Å²) in [6.07, 6.45) is 9.74. The normalized spacial score (nSPS) is 26.9. The number of thiophene rings is 1. The van der Waals surface area contributed by atoms with Gasteiger partial charge in [-0.1, -0.05) is 12.5 Å². The molecule has 3 amide bonds. The third-order valence-corrected chi connectivity index (χ3v) is 9.26. The summed E-state index contributed by atoms with van der Waals surface area (Å²) in [4.78, 5) is 49.1. The molecule has 2 saturated heterocycles. The summed E-state index contributed by atoms with van der Waals surface area (Å²) < 4.78 is 5.88. The fourth-order valence-corrected chi connectivity index (χ4v) is 6.96. The first kappa shape index (κ1) is 27.7. The van der Waals surface area contributed by atoms with Gasteiger partial charge in [-0.05, 0) is 80.5 Å². The zero-order chi connectivity index (χ0) is 27.2. The number of rotatable bonds is 9. The number of aromatic nitrogens is 1. The minimum atomic E-state index is -0.667. The smallest absolute Gasteiger partial charge is 0.264 e. The Bertz CT molecular complexity index is 1110. The van der Waals surface area contributed by atoms with E-state index < -0.39 is 6.04 Å². The largest absolute Gasteiger partial charge is 0.376 e. The van der Waals surface area contributed by atoms with E-state index in [0.717, 1.165) is 38.5 Å². The number of nitrogens with zero attached hydrogens (tertiary/aromatic N) is 3. The lowest BCUT2D eigenvalue weighted by atomic mass is 9.81. The van der Waals surface area contributed by atoms with Gasteiger partial charge in [0, 0.05) is 38.6 Å². The Morgan fingerprint density at radius 3 is 2.72 bits per heavy atom. The molecular weight excluding hydrogens is 514 g/mol. The number of ether oxygens (including phenoxy) is 1. The maximum atomic E-state index is 13.7. The molecule has 5 unspecified atom stereocenters. The lowest BCUT2D eigenvalue weighted by Gasteiger charge is -2.30. The summed E-state index contributed by atoms with van der Waals surface area (Å²) in [5.41, 5.74) is 6.35. The topological polar surface area (TPSA) is 118 Å². The fraction of sp³-hybridized carbons (Fsp3) is 0.586. The number of likely N-dealkylation sites (tertiary alicyclic amines) is 1. The van der Waals surface area contributed by atoms with E-state index in [1.165, 1.54) is 17.5 Å². The zero-order valence-corrected chi connectivity index (χ0v) is 23.2. The van der Waals surface area contributed by atoms with Gasteiger partial charge in [-0.2, -0.15) is 0 Å². The zero-order valence-electron chi connectivity index (χ0n) is 22.4. The van der Waals surface area contributed by atoms with Crippen LogP contribution < -0.4 is 11.1 Å². The number of pyridine rings is 1. The van der Waals surface area contributed by atoms with Crippen LogP contribution in [-0.4, -0.2) is 83.5 Å². The highest BCUT2D eigenvalue weighted by Gasteiger charge is 2.44. The predicted molar refractivity (Wildman–Crippen MR) is 149 cm³/mol. The second-order valence-electron chi connectivity index (χ2n) is 11.1. The molecule has 5 atom stereocenters. The SMILES string of the molecule is NCC1CCCC(CNC(=O)C2CC(N(CC3CCCO3)C(=O)c3cccs3)CN2C(=O)c2cccnc2)C1. The van der Waals surface area contributed by atoms with E-state index in [4.69, 9.17) is 10.5 Å². The summed E-state index contributed by atoms with van der Waals surface area (Å²) in [7, 11) is 0. The van der Waals surface area contributed by atoms with Crippen LogP contribution in [0.25, 0.3) is 0 Å². The first-order valence-electron chi connectivity index (χ1n) is 14.2. The van der Waals surface area contributed by atoms with Crippen molar-refractivity contribution in [2.45, 2.75) is 63.1 Å². The van der Waals surface area contributed by atoms with Crippen LogP contribution in [0.1, 0.15) is 65.0 Å². The van der Waals surface area contributed by atoms with Crippen LogP contribution in [0.3, 0.4) is 0 Å². The van der Waals surface area contributed by atoms with Gasteiger partial charge in [0.05, 0.1) is 22.6 Å². The van der Waals surface area contributed by atoms with Crippen LogP contribution in [0.5, 0.6) is 0 Å². The number of hydrogen-bond acceptors (Lipinski definition) is 7. The van der Waals surface area contributed by atoms with E-state index in [1.807, 2.05) is 22.4 Å². The molecule has 2 aromatic heterocycles. The van der Waals surface area contributed by atoms with Crippen molar-refractivity contribution in [3.63, 3.8) is 0 Å². The average Bonchev–Trinajstić information content (AvgIpc) is 3.77. The van der Waals surface area contributed by atoms with Crippen molar-refractivity contribution in [1.29, 1.82) is 0 Å². The van der Waals surface area contributed by atoms with Crippen molar-refractivity contribution in [2.75, 3.05) is 32.8 Å². The van der Waals surface area contributed by atoms with E-state index in [2.05, 4.69) is 10.3 Å². The molecule has 39 heavy (non-hydrogen) atoms. The molecule has 2 aliphatic heterocycles. The third-order valence-electron chi connectivity index (χ3n) is 8.40. The molecular formula is C29H39N5O4S.